The van der Waals surface area contributed by atoms with E-state index in [0.717, 1.165) is 0 Å². The molecule has 0 aliphatic carbocycles. The fourth-order valence-corrected chi connectivity index (χ4v) is 2.65. The third-order valence-corrected chi connectivity index (χ3v) is 3.76. The van der Waals surface area contributed by atoms with Crippen molar-refractivity contribution in [1.82, 2.24) is 4.57 Å². The van der Waals surface area contributed by atoms with Crippen LogP contribution in [0.2, 0.25) is 0 Å². The fourth-order valence-electron chi connectivity index (χ4n) is 2.65. The van der Waals surface area contributed by atoms with Gasteiger partial charge in [-0.15, -0.1) is 0 Å². The Bertz CT molecular complexity index is 804. The van der Waals surface area contributed by atoms with Gasteiger partial charge in [0.05, 0.1) is 0 Å². The first-order chi connectivity index (χ1) is 12.3. The zero-order valence-electron chi connectivity index (χ0n) is 16.5. The molecule has 1 heterocycles. The van der Waals surface area contributed by atoms with Gasteiger partial charge >= 0.3 is 0 Å². The van der Waals surface area contributed by atoms with Crippen LogP contribution in [-0.2, 0) is 7.05 Å². The van der Waals surface area contributed by atoms with Crippen molar-refractivity contribution >= 4 is 21.8 Å². The van der Waals surface area contributed by atoms with Crippen molar-refractivity contribution < 1.29 is 0 Å². The predicted octanol–water partition coefficient (Wildman–Crippen LogP) is 7.38. The van der Waals surface area contributed by atoms with E-state index in [0.29, 0.717) is 0 Å². The molecule has 25 heavy (non-hydrogen) atoms. The summed E-state index contributed by atoms with van der Waals surface area (Å²) < 4.78 is 2.24. The van der Waals surface area contributed by atoms with Crippen LogP contribution >= 0.6 is 0 Å². The first-order valence-electron chi connectivity index (χ1n) is 9.21. The summed E-state index contributed by atoms with van der Waals surface area (Å²) in [5.74, 6) is 0. The highest BCUT2D eigenvalue weighted by molar-refractivity contribution is 6.07. The second-order valence-corrected chi connectivity index (χ2v) is 5.25. The third-order valence-electron chi connectivity index (χ3n) is 3.76. The van der Waals surface area contributed by atoms with E-state index >= 15 is 0 Å². The molecule has 0 saturated heterocycles. The van der Waals surface area contributed by atoms with Gasteiger partial charge in [0.1, 0.15) is 0 Å². The van der Waals surface area contributed by atoms with Gasteiger partial charge in [-0.3, -0.25) is 0 Å². The second-order valence-electron chi connectivity index (χ2n) is 5.25. The Balaban J connectivity index is 0.000000241. The fraction of sp³-hybridized carbons (Fsp3) is 0.250. The van der Waals surface area contributed by atoms with Gasteiger partial charge in [0.15, 0.2) is 0 Å². The summed E-state index contributed by atoms with van der Waals surface area (Å²) in [5, 5.41) is 2.68. The predicted molar refractivity (Wildman–Crippen MR) is 114 cm³/mol. The van der Waals surface area contributed by atoms with Gasteiger partial charge in [0.2, 0.25) is 0 Å². The summed E-state index contributed by atoms with van der Waals surface area (Å²) in [6, 6.07) is 27.3. The highest BCUT2D eigenvalue weighted by atomic mass is 14.9. The van der Waals surface area contributed by atoms with E-state index in [2.05, 4.69) is 79.2 Å². The summed E-state index contributed by atoms with van der Waals surface area (Å²) in [4.78, 5) is 0. The molecule has 0 spiro atoms. The zero-order valence-corrected chi connectivity index (χ0v) is 16.5. The minimum atomic E-state index is 1.30. The van der Waals surface area contributed by atoms with Crippen LogP contribution in [0.5, 0.6) is 0 Å². The summed E-state index contributed by atoms with van der Waals surface area (Å²) >= 11 is 0. The molecule has 0 aliphatic heterocycles. The molecule has 1 aromatic heterocycles. The minimum Gasteiger partial charge on any atom is -0.344 e. The lowest BCUT2D eigenvalue weighted by molar-refractivity contribution is 1.01. The first-order valence-corrected chi connectivity index (χ1v) is 9.21. The molecule has 0 atom stereocenters. The Hall–Kier alpha value is -2.54. The Labute approximate surface area is 152 Å². The van der Waals surface area contributed by atoms with Crippen LogP contribution in [0.1, 0.15) is 33.3 Å². The van der Waals surface area contributed by atoms with Crippen molar-refractivity contribution in [2.75, 3.05) is 0 Å². The molecule has 1 nitrogen and oxygen atoms in total. The molecule has 0 saturated carbocycles. The van der Waals surface area contributed by atoms with Crippen molar-refractivity contribution in [3.8, 4) is 0 Å². The van der Waals surface area contributed by atoms with Gasteiger partial charge in [0, 0.05) is 28.9 Å². The molecule has 4 aromatic rings. The van der Waals surface area contributed by atoms with Crippen molar-refractivity contribution in [1.29, 1.82) is 0 Å². The van der Waals surface area contributed by atoms with Gasteiger partial charge in [-0.1, -0.05) is 100.0 Å². The molecule has 0 aliphatic rings. The van der Waals surface area contributed by atoms with Crippen molar-refractivity contribution in [2.24, 2.45) is 7.05 Å². The summed E-state index contributed by atoms with van der Waals surface area (Å²) in [5.41, 5.74) is 3.92. The Morgan fingerprint density at radius 2 is 0.880 bits per heavy atom. The summed E-state index contributed by atoms with van der Waals surface area (Å²) in [7, 11) is 2.12. The van der Waals surface area contributed by atoms with Gasteiger partial charge < -0.3 is 4.57 Å². The van der Waals surface area contributed by atoms with E-state index < -0.39 is 0 Å². The lowest BCUT2D eigenvalue weighted by Crippen LogP contribution is -1.84. The van der Waals surface area contributed by atoms with E-state index in [1.165, 1.54) is 27.4 Å². The number of aryl methyl sites for hydroxylation is 2. The number of aromatic nitrogens is 1. The Morgan fingerprint density at radius 3 is 1.24 bits per heavy atom. The smallest absolute Gasteiger partial charge is 0.0488 e. The number of nitrogens with zero attached hydrogens (tertiary/aromatic N) is 1. The maximum absolute atomic E-state index is 2.24. The van der Waals surface area contributed by atoms with Gasteiger partial charge in [0.25, 0.3) is 0 Å². The van der Waals surface area contributed by atoms with E-state index in [1.54, 1.807) is 0 Å². The average Bonchev–Trinajstić information content (AvgIpc) is 2.99. The molecule has 0 radical (unpaired) electrons. The molecule has 1 heteroatoms. The highest BCUT2D eigenvalue weighted by Gasteiger charge is 2.04. The zero-order chi connectivity index (χ0) is 18.7. The first kappa shape index (κ1) is 20.5. The number of para-hydroxylation sites is 2. The van der Waals surface area contributed by atoms with Crippen LogP contribution in [-0.4, -0.2) is 4.57 Å². The van der Waals surface area contributed by atoms with Crippen molar-refractivity contribution in [3.05, 3.63) is 84.4 Å². The highest BCUT2D eigenvalue weighted by Crippen LogP contribution is 2.26. The van der Waals surface area contributed by atoms with Crippen LogP contribution in [0.15, 0.2) is 78.9 Å². The maximum atomic E-state index is 2.24. The van der Waals surface area contributed by atoms with Crippen LogP contribution in [0, 0.1) is 6.92 Å². The van der Waals surface area contributed by atoms with E-state index in [-0.39, 0.29) is 0 Å². The van der Waals surface area contributed by atoms with Crippen LogP contribution in [0.3, 0.4) is 0 Å². The Morgan fingerprint density at radius 1 is 0.520 bits per heavy atom. The van der Waals surface area contributed by atoms with Gasteiger partial charge in [-0.25, -0.2) is 0 Å². The SMILES string of the molecule is CC.CC.Cc1ccccc1.Cn1c2ccccc2c2ccccc21. The van der Waals surface area contributed by atoms with Crippen molar-refractivity contribution in [3.63, 3.8) is 0 Å². The topological polar surface area (TPSA) is 4.93 Å². The molecule has 3 aromatic carbocycles. The van der Waals surface area contributed by atoms with Crippen molar-refractivity contribution in [2.45, 2.75) is 34.6 Å². The molecule has 0 unspecified atom stereocenters. The van der Waals surface area contributed by atoms with Gasteiger partial charge in [-0.05, 0) is 19.1 Å². The molecular formula is C24H31N. The number of hydrogen-bond acceptors (Lipinski definition) is 0. The standard InChI is InChI=1S/C13H11N.C7H8.2C2H6/c1-14-12-8-4-2-6-10(12)11-7-3-5-9-13(11)14;1-7-5-3-2-4-6-7;2*1-2/h2-9H,1H3;2-6H,1H3;2*1-2H3. The quantitative estimate of drug-likeness (QED) is 0.316. The van der Waals surface area contributed by atoms with E-state index in [4.69, 9.17) is 0 Å². The number of fused-ring (bicyclic) bond motifs is 3. The second kappa shape index (κ2) is 11.1. The summed E-state index contributed by atoms with van der Waals surface area (Å²) in [6.45, 7) is 10.1. The molecule has 132 valence electrons. The van der Waals surface area contributed by atoms with Crippen LogP contribution in [0.25, 0.3) is 21.8 Å². The monoisotopic (exact) mass is 333 g/mol. The van der Waals surface area contributed by atoms with E-state index in [1.807, 2.05) is 45.9 Å². The molecule has 4 rings (SSSR count). The van der Waals surface area contributed by atoms with E-state index in [9.17, 15) is 0 Å². The molecule has 0 N–H and O–H groups in total. The maximum Gasteiger partial charge on any atom is 0.0488 e. The molecular weight excluding hydrogens is 302 g/mol. The average molecular weight is 334 g/mol. The number of rotatable bonds is 0. The van der Waals surface area contributed by atoms with Gasteiger partial charge in [-0.2, -0.15) is 0 Å². The third kappa shape index (κ3) is 5.22. The normalized spacial score (nSPS) is 9.20. The number of hydrogen-bond donors (Lipinski definition) is 0. The molecule has 0 fully saturated rings. The molecule has 0 amide bonds. The largest absolute Gasteiger partial charge is 0.344 e. The molecule has 0 bridgehead atoms. The number of benzene rings is 3. The van der Waals surface area contributed by atoms with Crippen LogP contribution in [0.4, 0.5) is 0 Å². The minimum absolute atomic E-state index is 1.30. The summed E-state index contributed by atoms with van der Waals surface area (Å²) in [6.07, 6.45) is 0. The lowest BCUT2D eigenvalue weighted by atomic mass is 10.2. The van der Waals surface area contributed by atoms with Crippen LogP contribution < -0.4 is 0 Å². The Kier molecular flexibility index (Phi) is 9.10. The lowest BCUT2D eigenvalue weighted by Gasteiger charge is -1.95.